The molecule has 1 rings (SSSR count). The highest BCUT2D eigenvalue weighted by Gasteiger charge is 2.23. The Morgan fingerprint density at radius 2 is 2.00 bits per heavy atom. The first-order valence-electron chi connectivity index (χ1n) is 4.17. The second-order valence-corrected chi connectivity index (χ2v) is 4.06. The fourth-order valence-electron chi connectivity index (χ4n) is 0.833. The standard InChI is InChI=1S/C8H16N2O2.ClH/c1-8(2,3)10-7(11)12-6-4-9-5-6;/h6,9H,4-5H2,1-3H3,(H,10,11);1H. The van der Waals surface area contributed by atoms with Gasteiger partial charge in [-0.05, 0) is 20.8 Å². The van der Waals surface area contributed by atoms with Gasteiger partial charge in [0.25, 0.3) is 0 Å². The van der Waals surface area contributed by atoms with E-state index in [1.807, 2.05) is 20.8 Å². The van der Waals surface area contributed by atoms with Gasteiger partial charge in [-0.25, -0.2) is 4.79 Å². The summed E-state index contributed by atoms with van der Waals surface area (Å²) in [7, 11) is 0. The van der Waals surface area contributed by atoms with Crippen LogP contribution in [0.4, 0.5) is 4.79 Å². The largest absolute Gasteiger partial charge is 0.444 e. The maximum absolute atomic E-state index is 11.1. The lowest BCUT2D eigenvalue weighted by Gasteiger charge is -2.28. The molecule has 0 aromatic carbocycles. The van der Waals surface area contributed by atoms with Crippen molar-refractivity contribution < 1.29 is 9.53 Å². The first kappa shape index (κ1) is 12.5. The van der Waals surface area contributed by atoms with E-state index in [0.29, 0.717) is 0 Å². The van der Waals surface area contributed by atoms with Crippen molar-refractivity contribution >= 4 is 18.5 Å². The lowest BCUT2D eigenvalue weighted by molar-refractivity contribution is 0.0623. The highest BCUT2D eigenvalue weighted by molar-refractivity contribution is 5.85. The Balaban J connectivity index is 0.00000144. The number of alkyl carbamates (subject to hydrolysis) is 1. The van der Waals surface area contributed by atoms with Crippen LogP contribution in [0, 0.1) is 0 Å². The summed E-state index contributed by atoms with van der Waals surface area (Å²) in [5.41, 5.74) is -0.214. The zero-order valence-corrected chi connectivity index (χ0v) is 9.03. The molecule has 4 nitrogen and oxygen atoms in total. The van der Waals surface area contributed by atoms with Crippen LogP contribution in [-0.2, 0) is 4.74 Å². The number of hydrogen-bond donors (Lipinski definition) is 2. The number of ether oxygens (including phenoxy) is 1. The Hall–Kier alpha value is -0.480. The molecule has 1 aliphatic heterocycles. The Morgan fingerprint density at radius 3 is 2.31 bits per heavy atom. The van der Waals surface area contributed by atoms with E-state index >= 15 is 0 Å². The van der Waals surface area contributed by atoms with E-state index < -0.39 is 0 Å². The molecule has 0 aliphatic carbocycles. The third kappa shape index (κ3) is 4.95. The van der Waals surface area contributed by atoms with E-state index in [9.17, 15) is 4.79 Å². The number of amides is 1. The third-order valence-electron chi connectivity index (χ3n) is 1.49. The van der Waals surface area contributed by atoms with Crippen molar-refractivity contribution in [1.82, 2.24) is 10.6 Å². The zero-order chi connectivity index (χ0) is 9.19. The number of rotatable bonds is 1. The summed E-state index contributed by atoms with van der Waals surface area (Å²) >= 11 is 0. The number of halogens is 1. The SMILES string of the molecule is CC(C)(C)NC(=O)OC1CNC1.Cl. The van der Waals surface area contributed by atoms with E-state index in [0.717, 1.165) is 13.1 Å². The fraction of sp³-hybridized carbons (Fsp3) is 0.875. The molecule has 2 N–H and O–H groups in total. The molecule has 78 valence electrons. The summed E-state index contributed by atoms with van der Waals surface area (Å²) in [6, 6.07) is 0. The third-order valence-corrected chi connectivity index (χ3v) is 1.49. The average Bonchev–Trinajstić information content (AvgIpc) is 1.74. The quantitative estimate of drug-likeness (QED) is 0.674. The highest BCUT2D eigenvalue weighted by atomic mass is 35.5. The van der Waals surface area contributed by atoms with Crippen LogP contribution in [-0.4, -0.2) is 30.8 Å². The Bertz CT molecular complexity index is 175. The second-order valence-electron chi connectivity index (χ2n) is 4.06. The van der Waals surface area contributed by atoms with Crippen molar-refractivity contribution in [3.8, 4) is 0 Å². The second kappa shape index (κ2) is 4.67. The number of carbonyl (C=O) groups is 1. The van der Waals surface area contributed by atoms with E-state index in [4.69, 9.17) is 4.74 Å². The Kier molecular flexibility index (Phi) is 4.50. The van der Waals surface area contributed by atoms with E-state index in [1.54, 1.807) is 0 Å². The molecule has 1 heterocycles. The van der Waals surface area contributed by atoms with Gasteiger partial charge in [-0.2, -0.15) is 0 Å². The minimum absolute atomic E-state index is 0. The highest BCUT2D eigenvalue weighted by Crippen LogP contribution is 2.02. The van der Waals surface area contributed by atoms with Crippen molar-refractivity contribution in [2.24, 2.45) is 0 Å². The molecule has 0 bridgehead atoms. The van der Waals surface area contributed by atoms with Gasteiger partial charge >= 0.3 is 6.09 Å². The molecule has 0 atom stereocenters. The summed E-state index contributed by atoms with van der Waals surface area (Å²) < 4.78 is 5.05. The summed E-state index contributed by atoms with van der Waals surface area (Å²) in [5, 5.41) is 5.75. The van der Waals surface area contributed by atoms with Gasteiger partial charge in [0.2, 0.25) is 0 Å². The molecule has 0 saturated carbocycles. The fourth-order valence-corrected chi connectivity index (χ4v) is 0.833. The van der Waals surface area contributed by atoms with Crippen LogP contribution in [0.25, 0.3) is 0 Å². The van der Waals surface area contributed by atoms with E-state index in [2.05, 4.69) is 10.6 Å². The Morgan fingerprint density at radius 1 is 1.46 bits per heavy atom. The lowest BCUT2D eigenvalue weighted by atomic mass is 10.1. The topological polar surface area (TPSA) is 50.4 Å². The molecule has 0 aromatic heterocycles. The normalized spacial score (nSPS) is 16.8. The summed E-state index contributed by atoms with van der Waals surface area (Å²) in [5.74, 6) is 0. The summed E-state index contributed by atoms with van der Waals surface area (Å²) in [6.07, 6.45) is -0.263. The van der Waals surface area contributed by atoms with Gasteiger partial charge in [0.05, 0.1) is 0 Å². The van der Waals surface area contributed by atoms with Gasteiger partial charge in [0.1, 0.15) is 6.10 Å². The molecular weight excluding hydrogens is 192 g/mol. The predicted molar refractivity (Wildman–Crippen MR) is 53.3 cm³/mol. The molecule has 0 radical (unpaired) electrons. The Labute approximate surface area is 84.8 Å². The van der Waals surface area contributed by atoms with Crippen LogP contribution in [0.15, 0.2) is 0 Å². The smallest absolute Gasteiger partial charge is 0.407 e. The molecule has 1 amide bonds. The number of nitrogens with one attached hydrogen (secondary N) is 2. The van der Waals surface area contributed by atoms with Crippen LogP contribution in [0.3, 0.4) is 0 Å². The zero-order valence-electron chi connectivity index (χ0n) is 8.22. The van der Waals surface area contributed by atoms with Gasteiger partial charge in [-0.3, -0.25) is 0 Å². The van der Waals surface area contributed by atoms with E-state index in [1.165, 1.54) is 0 Å². The maximum atomic E-state index is 11.1. The molecule has 13 heavy (non-hydrogen) atoms. The lowest BCUT2D eigenvalue weighted by Crippen LogP contribution is -2.52. The summed E-state index contributed by atoms with van der Waals surface area (Å²) in [4.78, 5) is 11.1. The first-order chi connectivity index (χ1) is 5.47. The number of hydrogen-bond acceptors (Lipinski definition) is 3. The van der Waals surface area contributed by atoms with Crippen molar-refractivity contribution in [1.29, 1.82) is 0 Å². The minimum Gasteiger partial charge on any atom is -0.444 e. The van der Waals surface area contributed by atoms with Gasteiger partial charge in [-0.15, -0.1) is 12.4 Å². The minimum atomic E-state index is -0.325. The molecule has 0 aromatic rings. The molecule has 5 heteroatoms. The molecule has 1 aliphatic rings. The molecule has 0 spiro atoms. The van der Waals surface area contributed by atoms with Gasteiger partial charge < -0.3 is 15.4 Å². The monoisotopic (exact) mass is 208 g/mol. The summed E-state index contributed by atoms with van der Waals surface area (Å²) in [6.45, 7) is 7.32. The predicted octanol–water partition coefficient (Wildman–Crippen LogP) is 0.905. The van der Waals surface area contributed by atoms with Crippen LogP contribution in [0.5, 0.6) is 0 Å². The molecular formula is C8H17ClN2O2. The first-order valence-corrected chi connectivity index (χ1v) is 4.17. The van der Waals surface area contributed by atoms with Crippen molar-refractivity contribution in [2.75, 3.05) is 13.1 Å². The van der Waals surface area contributed by atoms with Crippen molar-refractivity contribution in [3.63, 3.8) is 0 Å². The van der Waals surface area contributed by atoms with E-state index in [-0.39, 0.29) is 30.1 Å². The van der Waals surface area contributed by atoms with Crippen molar-refractivity contribution in [2.45, 2.75) is 32.4 Å². The molecule has 0 unspecified atom stereocenters. The van der Waals surface area contributed by atoms with Crippen LogP contribution in [0.2, 0.25) is 0 Å². The van der Waals surface area contributed by atoms with Crippen LogP contribution < -0.4 is 10.6 Å². The van der Waals surface area contributed by atoms with Crippen LogP contribution >= 0.6 is 12.4 Å². The van der Waals surface area contributed by atoms with Gasteiger partial charge in [-0.1, -0.05) is 0 Å². The number of carbonyl (C=O) groups excluding carboxylic acids is 1. The van der Waals surface area contributed by atoms with Gasteiger partial charge in [0.15, 0.2) is 0 Å². The van der Waals surface area contributed by atoms with Crippen LogP contribution in [0.1, 0.15) is 20.8 Å². The molecule has 1 fully saturated rings. The van der Waals surface area contributed by atoms with Crippen molar-refractivity contribution in [3.05, 3.63) is 0 Å². The molecule has 1 saturated heterocycles. The average molecular weight is 209 g/mol. The maximum Gasteiger partial charge on any atom is 0.407 e. The van der Waals surface area contributed by atoms with Gasteiger partial charge in [0, 0.05) is 18.6 Å².